The molecule has 2 aromatic carbocycles. The largest absolute Gasteiger partial charge is 0.495 e. The standard InChI is InChI=1S/C21H19ClN4O4/c1-12-23-20(25-30-12)13-4-3-5-16(8-13)26-11-14(9-19(26)27)21(28)24-17-10-15(22)6-7-18(17)29-2/h3-8,10,14H,9,11H2,1-2H3,(H,24,28). The number of hydrogen-bond acceptors (Lipinski definition) is 6. The van der Waals surface area contributed by atoms with Crippen LogP contribution in [0.3, 0.4) is 0 Å². The van der Waals surface area contributed by atoms with Gasteiger partial charge in [-0.05, 0) is 30.3 Å². The smallest absolute Gasteiger partial charge is 0.229 e. The summed E-state index contributed by atoms with van der Waals surface area (Å²) in [5.41, 5.74) is 1.87. The zero-order valence-electron chi connectivity index (χ0n) is 16.4. The van der Waals surface area contributed by atoms with Crippen LogP contribution in [0.25, 0.3) is 11.4 Å². The van der Waals surface area contributed by atoms with Gasteiger partial charge in [0, 0.05) is 36.2 Å². The van der Waals surface area contributed by atoms with Gasteiger partial charge in [-0.3, -0.25) is 9.59 Å². The maximum atomic E-state index is 12.8. The summed E-state index contributed by atoms with van der Waals surface area (Å²) in [4.78, 5) is 31.2. The minimum atomic E-state index is -0.503. The molecule has 154 valence electrons. The van der Waals surface area contributed by atoms with Crippen molar-refractivity contribution >= 4 is 34.8 Å². The SMILES string of the molecule is COc1ccc(Cl)cc1NC(=O)C1CC(=O)N(c2cccc(-c3noc(C)n3)c2)C1. The van der Waals surface area contributed by atoms with Gasteiger partial charge < -0.3 is 19.5 Å². The highest BCUT2D eigenvalue weighted by molar-refractivity contribution is 6.31. The Labute approximate surface area is 177 Å². The Bertz CT molecular complexity index is 1110. The van der Waals surface area contributed by atoms with Crippen molar-refractivity contribution in [1.82, 2.24) is 10.1 Å². The van der Waals surface area contributed by atoms with Gasteiger partial charge in [-0.25, -0.2) is 0 Å². The first-order valence-corrected chi connectivity index (χ1v) is 9.68. The lowest BCUT2D eigenvalue weighted by Gasteiger charge is -2.17. The number of ether oxygens (including phenoxy) is 1. The van der Waals surface area contributed by atoms with E-state index in [4.69, 9.17) is 20.9 Å². The Hall–Kier alpha value is -3.39. The lowest BCUT2D eigenvalue weighted by molar-refractivity contribution is -0.122. The van der Waals surface area contributed by atoms with Gasteiger partial charge in [0.1, 0.15) is 5.75 Å². The van der Waals surface area contributed by atoms with E-state index in [9.17, 15) is 9.59 Å². The summed E-state index contributed by atoms with van der Waals surface area (Å²) in [5.74, 6) is 0.504. The number of anilines is 2. The maximum Gasteiger partial charge on any atom is 0.229 e. The molecule has 1 fully saturated rings. The predicted molar refractivity (Wildman–Crippen MR) is 112 cm³/mol. The highest BCUT2D eigenvalue weighted by Crippen LogP contribution is 2.31. The number of nitrogens with zero attached hydrogens (tertiary/aromatic N) is 3. The summed E-state index contributed by atoms with van der Waals surface area (Å²) in [6.07, 6.45) is 0.111. The molecular weight excluding hydrogens is 408 g/mol. The molecule has 4 rings (SSSR count). The van der Waals surface area contributed by atoms with Gasteiger partial charge in [0.25, 0.3) is 0 Å². The van der Waals surface area contributed by atoms with Gasteiger partial charge >= 0.3 is 0 Å². The first kappa shape index (κ1) is 19.9. The van der Waals surface area contributed by atoms with E-state index in [1.54, 1.807) is 30.0 Å². The summed E-state index contributed by atoms with van der Waals surface area (Å²) in [7, 11) is 1.51. The van der Waals surface area contributed by atoms with Crippen LogP contribution >= 0.6 is 11.6 Å². The van der Waals surface area contributed by atoms with E-state index in [2.05, 4.69) is 15.5 Å². The molecule has 0 bridgehead atoms. The third-order valence-corrected chi connectivity index (χ3v) is 5.09. The molecule has 1 aromatic heterocycles. The van der Waals surface area contributed by atoms with Crippen LogP contribution in [-0.2, 0) is 9.59 Å². The van der Waals surface area contributed by atoms with Crippen LogP contribution in [0, 0.1) is 12.8 Å². The molecule has 1 atom stereocenters. The first-order chi connectivity index (χ1) is 14.4. The number of amides is 2. The van der Waals surface area contributed by atoms with Crippen molar-refractivity contribution < 1.29 is 18.8 Å². The van der Waals surface area contributed by atoms with Crippen molar-refractivity contribution in [3.8, 4) is 17.1 Å². The van der Waals surface area contributed by atoms with Crippen LogP contribution in [-0.4, -0.2) is 35.6 Å². The van der Waals surface area contributed by atoms with E-state index in [0.29, 0.717) is 33.9 Å². The first-order valence-electron chi connectivity index (χ1n) is 9.30. The number of aryl methyl sites for hydroxylation is 1. The molecule has 1 unspecified atom stereocenters. The quantitative estimate of drug-likeness (QED) is 0.668. The van der Waals surface area contributed by atoms with Crippen LogP contribution < -0.4 is 15.0 Å². The van der Waals surface area contributed by atoms with E-state index in [0.717, 1.165) is 5.56 Å². The number of hydrogen-bond donors (Lipinski definition) is 1. The van der Waals surface area contributed by atoms with Gasteiger partial charge in [-0.2, -0.15) is 4.98 Å². The molecule has 0 radical (unpaired) electrons. The number of benzene rings is 2. The molecule has 30 heavy (non-hydrogen) atoms. The topological polar surface area (TPSA) is 97.6 Å². The van der Waals surface area contributed by atoms with E-state index < -0.39 is 5.92 Å². The Kier molecular flexibility index (Phi) is 5.41. The Balaban J connectivity index is 1.51. The minimum Gasteiger partial charge on any atom is -0.495 e. The van der Waals surface area contributed by atoms with Crippen LogP contribution in [0.4, 0.5) is 11.4 Å². The van der Waals surface area contributed by atoms with E-state index in [1.807, 2.05) is 24.3 Å². The highest BCUT2D eigenvalue weighted by Gasteiger charge is 2.35. The van der Waals surface area contributed by atoms with E-state index >= 15 is 0 Å². The zero-order chi connectivity index (χ0) is 21.3. The third kappa shape index (κ3) is 3.99. The van der Waals surface area contributed by atoms with Gasteiger partial charge in [0.05, 0.1) is 18.7 Å². The second-order valence-electron chi connectivity index (χ2n) is 6.93. The van der Waals surface area contributed by atoms with Crippen molar-refractivity contribution in [1.29, 1.82) is 0 Å². The second-order valence-corrected chi connectivity index (χ2v) is 7.36. The number of rotatable bonds is 5. The number of aromatic nitrogens is 2. The number of methoxy groups -OCH3 is 1. The summed E-state index contributed by atoms with van der Waals surface area (Å²) in [5, 5.41) is 7.20. The van der Waals surface area contributed by atoms with Crippen molar-refractivity contribution in [2.24, 2.45) is 5.92 Å². The molecule has 0 saturated carbocycles. The van der Waals surface area contributed by atoms with Crippen LogP contribution in [0.1, 0.15) is 12.3 Å². The van der Waals surface area contributed by atoms with Crippen molar-refractivity contribution in [3.63, 3.8) is 0 Å². The summed E-state index contributed by atoms with van der Waals surface area (Å²) in [6, 6.07) is 12.2. The number of halogens is 1. The van der Waals surface area contributed by atoms with Crippen LogP contribution in [0.5, 0.6) is 5.75 Å². The zero-order valence-corrected chi connectivity index (χ0v) is 17.1. The number of carbonyl (C=O) groups excluding carboxylic acids is 2. The fraction of sp³-hybridized carbons (Fsp3) is 0.238. The highest BCUT2D eigenvalue weighted by atomic mass is 35.5. The Morgan fingerprint density at radius 1 is 1.30 bits per heavy atom. The van der Waals surface area contributed by atoms with Gasteiger partial charge in [0.15, 0.2) is 0 Å². The molecule has 1 aliphatic rings. The lowest BCUT2D eigenvalue weighted by Crippen LogP contribution is -2.28. The molecule has 9 heteroatoms. The summed E-state index contributed by atoms with van der Waals surface area (Å²) >= 11 is 6.02. The van der Waals surface area contributed by atoms with Crippen LogP contribution in [0.15, 0.2) is 47.0 Å². The van der Waals surface area contributed by atoms with Gasteiger partial charge in [0.2, 0.25) is 23.5 Å². The van der Waals surface area contributed by atoms with Gasteiger partial charge in [-0.15, -0.1) is 0 Å². The molecule has 1 aliphatic heterocycles. The van der Waals surface area contributed by atoms with E-state index in [-0.39, 0.29) is 24.8 Å². The molecule has 8 nitrogen and oxygen atoms in total. The van der Waals surface area contributed by atoms with E-state index in [1.165, 1.54) is 7.11 Å². The molecule has 0 spiro atoms. The molecular formula is C21H19ClN4O4. The summed E-state index contributed by atoms with van der Waals surface area (Å²) < 4.78 is 10.3. The molecule has 0 aliphatic carbocycles. The van der Waals surface area contributed by atoms with Crippen molar-refractivity contribution in [3.05, 3.63) is 53.4 Å². The number of carbonyl (C=O) groups is 2. The maximum absolute atomic E-state index is 12.8. The predicted octanol–water partition coefficient (Wildman–Crippen LogP) is 3.70. The van der Waals surface area contributed by atoms with Crippen LogP contribution in [0.2, 0.25) is 5.02 Å². The molecule has 2 heterocycles. The second kappa shape index (κ2) is 8.16. The fourth-order valence-corrected chi connectivity index (χ4v) is 3.55. The average molecular weight is 427 g/mol. The normalized spacial score (nSPS) is 16.0. The monoisotopic (exact) mass is 426 g/mol. The number of nitrogens with one attached hydrogen (secondary N) is 1. The summed E-state index contributed by atoms with van der Waals surface area (Å²) in [6.45, 7) is 1.98. The lowest BCUT2D eigenvalue weighted by atomic mass is 10.1. The Morgan fingerprint density at radius 2 is 2.13 bits per heavy atom. The molecule has 2 amide bonds. The van der Waals surface area contributed by atoms with Crippen molar-refractivity contribution in [2.45, 2.75) is 13.3 Å². The fourth-order valence-electron chi connectivity index (χ4n) is 3.37. The molecule has 1 saturated heterocycles. The Morgan fingerprint density at radius 3 is 2.87 bits per heavy atom. The molecule has 1 N–H and O–H groups in total. The minimum absolute atomic E-state index is 0.111. The third-order valence-electron chi connectivity index (χ3n) is 4.86. The average Bonchev–Trinajstić information content (AvgIpc) is 3.34. The van der Waals surface area contributed by atoms with Gasteiger partial charge in [-0.1, -0.05) is 28.9 Å². The molecule has 3 aromatic rings. The van der Waals surface area contributed by atoms with Crippen molar-refractivity contribution in [2.75, 3.05) is 23.9 Å².